The summed E-state index contributed by atoms with van der Waals surface area (Å²) >= 11 is 1.92. The van der Waals surface area contributed by atoms with Gasteiger partial charge in [0.25, 0.3) is 0 Å². The fourth-order valence-corrected chi connectivity index (χ4v) is 4.24. The minimum Gasteiger partial charge on any atom is -0.326 e. The summed E-state index contributed by atoms with van der Waals surface area (Å²) in [5, 5.41) is 2.81. The first-order chi connectivity index (χ1) is 13.2. The van der Waals surface area contributed by atoms with E-state index in [1.807, 2.05) is 23.9 Å². The van der Waals surface area contributed by atoms with Crippen LogP contribution in [0.2, 0.25) is 0 Å². The first-order valence-electron chi connectivity index (χ1n) is 11.2. The highest BCUT2D eigenvalue weighted by atomic mass is 32.2. The second kappa shape index (κ2) is 17.2. The van der Waals surface area contributed by atoms with Crippen molar-refractivity contribution in [2.24, 2.45) is 0 Å². The number of rotatable bonds is 17. The molecule has 0 aliphatic heterocycles. The average molecular weight is 392 g/mol. The van der Waals surface area contributed by atoms with Gasteiger partial charge in [0.05, 0.1) is 0 Å². The number of carbonyl (C=O) groups excluding carboxylic acids is 1. The second-order valence-corrected chi connectivity index (χ2v) is 8.82. The molecule has 0 aliphatic rings. The van der Waals surface area contributed by atoms with E-state index >= 15 is 0 Å². The first-order valence-corrected chi connectivity index (χ1v) is 12.2. The Morgan fingerprint density at radius 2 is 1.19 bits per heavy atom. The van der Waals surface area contributed by atoms with E-state index in [4.69, 9.17) is 0 Å². The lowest BCUT2D eigenvalue weighted by Gasteiger charge is -2.05. The molecule has 0 heterocycles. The molecule has 0 atom stereocenters. The van der Waals surface area contributed by atoms with Crippen LogP contribution in [0.3, 0.4) is 0 Å². The Hall–Kier alpha value is -0.960. The van der Waals surface area contributed by atoms with Gasteiger partial charge in [-0.25, -0.2) is 0 Å². The Balaban J connectivity index is 1.84. The van der Waals surface area contributed by atoms with Crippen molar-refractivity contribution in [1.29, 1.82) is 0 Å². The maximum absolute atomic E-state index is 11.0. The normalized spacial score (nSPS) is 10.9. The highest BCUT2D eigenvalue weighted by Crippen LogP contribution is 2.22. The molecular formula is C24H41NOS. The molecule has 1 N–H and O–H groups in total. The van der Waals surface area contributed by atoms with E-state index in [0.29, 0.717) is 0 Å². The van der Waals surface area contributed by atoms with Crippen LogP contribution in [0, 0.1) is 0 Å². The summed E-state index contributed by atoms with van der Waals surface area (Å²) in [7, 11) is 0. The molecule has 27 heavy (non-hydrogen) atoms. The third-order valence-electron chi connectivity index (χ3n) is 4.94. The van der Waals surface area contributed by atoms with Crippen molar-refractivity contribution >= 4 is 23.4 Å². The van der Waals surface area contributed by atoms with E-state index in [2.05, 4.69) is 24.4 Å². The molecule has 1 amide bonds. The maximum atomic E-state index is 11.0. The molecule has 0 aliphatic carbocycles. The van der Waals surface area contributed by atoms with Gasteiger partial charge in [-0.05, 0) is 36.4 Å². The summed E-state index contributed by atoms with van der Waals surface area (Å²) in [5.41, 5.74) is 0.878. The minimum absolute atomic E-state index is 0.0159. The van der Waals surface area contributed by atoms with E-state index in [9.17, 15) is 4.79 Å². The summed E-state index contributed by atoms with van der Waals surface area (Å²) in [6.45, 7) is 3.83. The van der Waals surface area contributed by atoms with E-state index in [-0.39, 0.29) is 5.91 Å². The van der Waals surface area contributed by atoms with Gasteiger partial charge in [0.15, 0.2) is 0 Å². The topological polar surface area (TPSA) is 29.1 Å². The monoisotopic (exact) mass is 391 g/mol. The average Bonchev–Trinajstić information content (AvgIpc) is 2.66. The van der Waals surface area contributed by atoms with Gasteiger partial charge in [-0.3, -0.25) is 4.79 Å². The van der Waals surface area contributed by atoms with Gasteiger partial charge in [0.1, 0.15) is 0 Å². The zero-order valence-corrected chi connectivity index (χ0v) is 18.5. The molecule has 0 saturated carbocycles. The molecule has 0 radical (unpaired) electrons. The van der Waals surface area contributed by atoms with E-state index in [1.165, 1.54) is 107 Å². The number of amides is 1. The highest BCUT2D eigenvalue weighted by molar-refractivity contribution is 7.99. The van der Waals surface area contributed by atoms with Gasteiger partial charge in [-0.1, -0.05) is 90.4 Å². The van der Waals surface area contributed by atoms with Gasteiger partial charge in [0.2, 0.25) is 5.91 Å². The van der Waals surface area contributed by atoms with E-state index in [1.54, 1.807) is 0 Å². The minimum atomic E-state index is -0.0159. The number of benzene rings is 1. The van der Waals surface area contributed by atoms with Gasteiger partial charge < -0.3 is 5.32 Å². The second-order valence-electron chi connectivity index (χ2n) is 7.65. The Kier molecular flexibility index (Phi) is 15.3. The number of thioether (sulfide) groups is 1. The molecule has 2 nitrogen and oxygen atoms in total. The van der Waals surface area contributed by atoms with Crippen molar-refractivity contribution in [1.82, 2.24) is 0 Å². The van der Waals surface area contributed by atoms with E-state index < -0.39 is 0 Å². The molecule has 0 bridgehead atoms. The maximum Gasteiger partial charge on any atom is 0.221 e. The lowest BCUT2D eigenvalue weighted by molar-refractivity contribution is -0.114. The van der Waals surface area contributed by atoms with Crippen LogP contribution in [0.1, 0.15) is 104 Å². The summed E-state index contributed by atoms with van der Waals surface area (Å²) < 4.78 is 0. The third-order valence-corrected chi connectivity index (χ3v) is 6.04. The van der Waals surface area contributed by atoms with Crippen LogP contribution in [0.5, 0.6) is 0 Å². The highest BCUT2D eigenvalue weighted by Gasteiger charge is 1.98. The van der Waals surface area contributed by atoms with Crippen molar-refractivity contribution in [2.75, 3.05) is 11.1 Å². The number of hydrogen-bond acceptors (Lipinski definition) is 2. The predicted molar refractivity (Wildman–Crippen MR) is 122 cm³/mol. The van der Waals surface area contributed by atoms with Crippen LogP contribution in [-0.2, 0) is 4.79 Å². The Labute approximate surface area is 172 Å². The van der Waals surface area contributed by atoms with Crippen LogP contribution < -0.4 is 5.32 Å². The van der Waals surface area contributed by atoms with Gasteiger partial charge in [0, 0.05) is 17.5 Å². The largest absolute Gasteiger partial charge is 0.326 e. The van der Waals surface area contributed by atoms with E-state index in [0.717, 1.165) is 5.69 Å². The van der Waals surface area contributed by atoms with Crippen molar-refractivity contribution in [3.05, 3.63) is 24.3 Å². The molecule has 0 saturated heterocycles. The van der Waals surface area contributed by atoms with Crippen LogP contribution in [-0.4, -0.2) is 11.7 Å². The smallest absolute Gasteiger partial charge is 0.221 e. The lowest BCUT2D eigenvalue weighted by atomic mass is 10.0. The summed E-state index contributed by atoms with van der Waals surface area (Å²) in [5.74, 6) is 1.18. The Morgan fingerprint density at radius 1 is 0.741 bits per heavy atom. The van der Waals surface area contributed by atoms with Crippen molar-refractivity contribution in [3.8, 4) is 0 Å². The first kappa shape index (κ1) is 24.1. The van der Waals surface area contributed by atoms with Crippen LogP contribution >= 0.6 is 11.8 Å². The van der Waals surface area contributed by atoms with Crippen molar-refractivity contribution in [2.45, 2.75) is 109 Å². The number of unbranched alkanes of at least 4 members (excludes halogenated alkanes) is 13. The van der Waals surface area contributed by atoms with Crippen LogP contribution in [0.4, 0.5) is 5.69 Å². The number of carbonyl (C=O) groups is 1. The van der Waals surface area contributed by atoms with Crippen molar-refractivity contribution in [3.63, 3.8) is 0 Å². The lowest BCUT2D eigenvalue weighted by Crippen LogP contribution is -2.05. The summed E-state index contributed by atoms with van der Waals surface area (Å²) in [6.07, 6.45) is 19.8. The molecule has 0 fully saturated rings. The zero-order valence-electron chi connectivity index (χ0n) is 17.7. The summed E-state index contributed by atoms with van der Waals surface area (Å²) in [4.78, 5) is 12.3. The predicted octanol–water partition coefficient (Wildman–Crippen LogP) is 8.22. The fourth-order valence-electron chi connectivity index (χ4n) is 3.32. The van der Waals surface area contributed by atoms with Gasteiger partial charge in [-0.15, -0.1) is 11.8 Å². The third kappa shape index (κ3) is 14.7. The zero-order chi connectivity index (χ0) is 19.6. The van der Waals surface area contributed by atoms with Crippen LogP contribution in [0.25, 0.3) is 0 Å². The number of hydrogen-bond donors (Lipinski definition) is 1. The van der Waals surface area contributed by atoms with Crippen LogP contribution in [0.15, 0.2) is 29.2 Å². The molecule has 3 heteroatoms. The molecule has 1 rings (SSSR count). The number of nitrogens with one attached hydrogen (secondary N) is 1. The fraction of sp³-hybridized carbons (Fsp3) is 0.708. The Morgan fingerprint density at radius 3 is 1.63 bits per heavy atom. The number of anilines is 1. The standard InChI is InChI=1S/C24H41NOS/c1-3-4-5-6-7-8-9-10-11-12-13-14-15-16-21-27-24-19-17-23(18-20-24)25-22(2)26/h17-20H,3-16,21H2,1-2H3,(H,25,26). The summed E-state index contributed by atoms with van der Waals surface area (Å²) in [6, 6.07) is 8.16. The molecule has 1 aromatic rings. The quantitative estimate of drug-likeness (QED) is 0.214. The molecule has 0 unspecified atom stereocenters. The molecular weight excluding hydrogens is 350 g/mol. The van der Waals surface area contributed by atoms with Crippen molar-refractivity contribution < 1.29 is 4.79 Å². The molecule has 1 aromatic carbocycles. The molecule has 0 aromatic heterocycles. The van der Waals surface area contributed by atoms with Gasteiger partial charge >= 0.3 is 0 Å². The molecule has 0 spiro atoms. The van der Waals surface area contributed by atoms with Gasteiger partial charge in [-0.2, -0.15) is 0 Å². The Bertz CT molecular complexity index is 472. The SMILES string of the molecule is CCCCCCCCCCCCCCCCSc1ccc(NC(C)=O)cc1. The molecule has 154 valence electrons.